The van der Waals surface area contributed by atoms with E-state index in [1.807, 2.05) is 30.3 Å². The van der Waals surface area contributed by atoms with Crippen LogP contribution in [0.5, 0.6) is 0 Å². The molecular weight excluding hydrogens is 250 g/mol. The Morgan fingerprint density at radius 1 is 1.00 bits per heavy atom. The van der Waals surface area contributed by atoms with Crippen LogP contribution in [0.25, 0.3) is 0 Å². The number of benzene rings is 2. The molecule has 0 atom stereocenters. The van der Waals surface area contributed by atoms with E-state index < -0.39 is 0 Å². The van der Waals surface area contributed by atoms with Crippen molar-refractivity contribution < 1.29 is 0 Å². The molecule has 0 aliphatic rings. The Labute approximate surface area is 98.1 Å². The second-order valence-corrected chi connectivity index (χ2v) is 4.42. The summed E-state index contributed by atoms with van der Waals surface area (Å²) in [5.41, 5.74) is 9.21. The topological polar surface area (TPSA) is 26.0 Å². The maximum atomic E-state index is 5.92. The lowest BCUT2D eigenvalue weighted by Crippen LogP contribution is -1.95. The maximum absolute atomic E-state index is 5.92. The molecule has 0 saturated carbocycles. The third kappa shape index (κ3) is 2.60. The third-order valence-corrected chi connectivity index (χ3v) is 2.84. The number of anilines is 1. The summed E-state index contributed by atoms with van der Waals surface area (Å²) in [6, 6.07) is 16.3. The zero-order valence-electron chi connectivity index (χ0n) is 8.28. The van der Waals surface area contributed by atoms with Crippen molar-refractivity contribution in [2.24, 2.45) is 0 Å². The molecule has 0 spiro atoms. The summed E-state index contributed by atoms with van der Waals surface area (Å²) < 4.78 is 1.07. The lowest BCUT2D eigenvalue weighted by Gasteiger charge is -2.06. The Hall–Kier alpha value is -1.28. The highest BCUT2D eigenvalue weighted by Crippen LogP contribution is 2.21. The molecular formula is C13H12BrN. The SMILES string of the molecule is Nc1ccc(Br)cc1Cc1ccccc1. The van der Waals surface area contributed by atoms with Crippen molar-refractivity contribution in [1.29, 1.82) is 0 Å². The predicted octanol–water partition coefficient (Wildman–Crippen LogP) is 3.62. The fourth-order valence-corrected chi connectivity index (χ4v) is 1.95. The number of nitrogens with two attached hydrogens (primary N) is 1. The summed E-state index contributed by atoms with van der Waals surface area (Å²) in [4.78, 5) is 0. The van der Waals surface area contributed by atoms with Gasteiger partial charge < -0.3 is 5.73 Å². The normalized spacial score (nSPS) is 10.2. The molecule has 2 heteroatoms. The molecule has 0 amide bonds. The van der Waals surface area contributed by atoms with Gasteiger partial charge in [0.05, 0.1) is 0 Å². The summed E-state index contributed by atoms with van der Waals surface area (Å²) >= 11 is 3.45. The van der Waals surface area contributed by atoms with E-state index >= 15 is 0 Å². The molecule has 2 aromatic rings. The first-order valence-electron chi connectivity index (χ1n) is 4.83. The van der Waals surface area contributed by atoms with E-state index in [-0.39, 0.29) is 0 Å². The van der Waals surface area contributed by atoms with Crippen molar-refractivity contribution in [1.82, 2.24) is 0 Å². The van der Waals surface area contributed by atoms with Crippen molar-refractivity contribution in [3.8, 4) is 0 Å². The quantitative estimate of drug-likeness (QED) is 0.822. The van der Waals surface area contributed by atoms with Crippen LogP contribution in [0.15, 0.2) is 53.0 Å². The zero-order chi connectivity index (χ0) is 10.7. The number of halogens is 1. The Kier molecular flexibility index (Phi) is 3.07. The average Bonchev–Trinajstić information content (AvgIpc) is 2.25. The highest BCUT2D eigenvalue weighted by Gasteiger charge is 2.01. The molecule has 2 N–H and O–H groups in total. The fourth-order valence-electron chi connectivity index (χ4n) is 1.54. The van der Waals surface area contributed by atoms with Crippen LogP contribution < -0.4 is 5.73 Å². The van der Waals surface area contributed by atoms with Crippen molar-refractivity contribution >= 4 is 21.6 Å². The van der Waals surface area contributed by atoms with Crippen LogP contribution >= 0.6 is 15.9 Å². The number of nitrogen functional groups attached to an aromatic ring is 1. The molecule has 0 aliphatic carbocycles. The summed E-state index contributed by atoms with van der Waals surface area (Å²) in [7, 11) is 0. The monoisotopic (exact) mass is 261 g/mol. The van der Waals surface area contributed by atoms with Gasteiger partial charge in [-0.2, -0.15) is 0 Å². The standard InChI is InChI=1S/C13H12BrN/c14-12-6-7-13(15)11(9-12)8-10-4-2-1-3-5-10/h1-7,9H,8,15H2. The first-order chi connectivity index (χ1) is 7.25. The molecule has 0 heterocycles. The molecule has 0 aromatic heterocycles. The van der Waals surface area contributed by atoms with E-state index in [0.29, 0.717) is 0 Å². The van der Waals surface area contributed by atoms with Gasteiger partial charge in [-0.3, -0.25) is 0 Å². The van der Waals surface area contributed by atoms with Gasteiger partial charge in [0.2, 0.25) is 0 Å². The van der Waals surface area contributed by atoms with Gasteiger partial charge in [-0.25, -0.2) is 0 Å². The Balaban J connectivity index is 2.28. The molecule has 0 radical (unpaired) electrons. The second-order valence-electron chi connectivity index (χ2n) is 3.51. The van der Waals surface area contributed by atoms with E-state index in [1.165, 1.54) is 5.56 Å². The highest BCUT2D eigenvalue weighted by molar-refractivity contribution is 9.10. The third-order valence-electron chi connectivity index (χ3n) is 2.34. The molecule has 76 valence electrons. The maximum Gasteiger partial charge on any atom is 0.0350 e. The Morgan fingerprint density at radius 2 is 1.73 bits per heavy atom. The van der Waals surface area contributed by atoms with Crippen molar-refractivity contribution in [2.75, 3.05) is 5.73 Å². The van der Waals surface area contributed by atoms with E-state index in [1.54, 1.807) is 0 Å². The zero-order valence-corrected chi connectivity index (χ0v) is 9.87. The summed E-state index contributed by atoms with van der Waals surface area (Å²) in [5.74, 6) is 0. The van der Waals surface area contributed by atoms with Gasteiger partial charge >= 0.3 is 0 Å². The van der Waals surface area contributed by atoms with Crippen molar-refractivity contribution in [3.05, 3.63) is 64.1 Å². The largest absolute Gasteiger partial charge is 0.398 e. The minimum atomic E-state index is 0.849. The van der Waals surface area contributed by atoms with Gasteiger partial charge in [-0.15, -0.1) is 0 Å². The van der Waals surface area contributed by atoms with Crippen LogP contribution in [0.1, 0.15) is 11.1 Å². The fraction of sp³-hybridized carbons (Fsp3) is 0.0769. The lowest BCUT2D eigenvalue weighted by molar-refractivity contribution is 1.19. The first kappa shape index (κ1) is 10.2. The van der Waals surface area contributed by atoms with Crippen LogP contribution in [-0.2, 0) is 6.42 Å². The van der Waals surface area contributed by atoms with Gasteiger partial charge in [0.15, 0.2) is 0 Å². The van der Waals surface area contributed by atoms with Crippen LogP contribution in [-0.4, -0.2) is 0 Å². The molecule has 2 rings (SSSR count). The lowest BCUT2D eigenvalue weighted by atomic mass is 10.0. The van der Waals surface area contributed by atoms with Crippen molar-refractivity contribution in [3.63, 3.8) is 0 Å². The van der Waals surface area contributed by atoms with E-state index in [2.05, 4.69) is 34.1 Å². The van der Waals surface area contributed by atoms with Crippen molar-refractivity contribution in [2.45, 2.75) is 6.42 Å². The molecule has 15 heavy (non-hydrogen) atoms. The summed E-state index contributed by atoms with van der Waals surface area (Å²) in [6.07, 6.45) is 0.881. The number of hydrogen-bond donors (Lipinski definition) is 1. The molecule has 0 saturated heterocycles. The predicted molar refractivity (Wildman–Crippen MR) is 67.8 cm³/mol. The highest BCUT2D eigenvalue weighted by atomic mass is 79.9. The first-order valence-corrected chi connectivity index (χ1v) is 5.63. The number of rotatable bonds is 2. The Morgan fingerprint density at radius 3 is 2.47 bits per heavy atom. The molecule has 0 bridgehead atoms. The minimum Gasteiger partial charge on any atom is -0.398 e. The smallest absolute Gasteiger partial charge is 0.0350 e. The molecule has 0 fully saturated rings. The van der Waals surface area contributed by atoms with E-state index in [9.17, 15) is 0 Å². The second kappa shape index (κ2) is 4.49. The van der Waals surface area contributed by atoms with Crippen LogP contribution in [0.4, 0.5) is 5.69 Å². The molecule has 1 nitrogen and oxygen atoms in total. The summed E-state index contributed by atoms with van der Waals surface area (Å²) in [5, 5.41) is 0. The molecule has 2 aromatic carbocycles. The van der Waals surface area contributed by atoms with Crippen LogP contribution in [0.2, 0.25) is 0 Å². The van der Waals surface area contributed by atoms with Crippen LogP contribution in [0, 0.1) is 0 Å². The van der Waals surface area contributed by atoms with Gasteiger partial charge in [-0.1, -0.05) is 46.3 Å². The van der Waals surface area contributed by atoms with E-state index in [0.717, 1.165) is 22.1 Å². The van der Waals surface area contributed by atoms with Gasteiger partial charge in [0.1, 0.15) is 0 Å². The average molecular weight is 262 g/mol. The number of hydrogen-bond acceptors (Lipinski definition) is 1. The molecule has 0 unspecified atom stereocenters. The van der Waals surface area contributed by atoms with E-state index in [4.69, 9.17) is 5.73 Å². The Bertz CT molecular complexity index is 451. The van der Waals surface area contributed by atoms with Crippen LogP contribution in [0.3, 0.4) is 0 Å². The van der Waals surface area contributed by atoms with Gasteiger partial charge in [-0.05, 0) is 35.7 Å². The minimum absolute atomic E-state index is 0.849. The molecule has 0 aliphatic heterocycles. The van der Waals surface area contributed by atoms with Gasteiger partial charge in [0.25, 0.3) is 0 Å². The van der Waals surface area contributed by atoms with Gasteiger partial charge in [0, 0.05) is 10.2 Å². The summed E-state index contributed by atoms with van der Waals surface area (Å²) in [6.45, 7) is 0.